The first-order valence-electron chi connectivity index (χ1n) is 4.98. The van der Waals surface area contributed by atoms with Crippen LogP contribution in [0.5, 0.6) is 0 Å². The Morgan fingerprint density at radius 2 is 2.00 bits per heavy atom. The third-order valence-electron chi connectivity index (χ3n) is 4.38. The van der Waals surface area contributed by atoms with Gasteiger partial charge < -0.3 is 0 Å². The molecule has 0 saturated heterocycles. The summed E-state index contributed by atoms with van der Waals surface area (Å²) in [6.07, 6.45) is 2.16. The van der Waals surface area contributed by atoms with Crippen LogP contribution in [0, 0.1) is 22.7 Å². The third-order valence-corrected chi connectivity index (χ3v) is 4.38. The topological polar surface area (TPSA) is 17.1 Å². The monoisotopic (exact) mass is 166 g/mol. The van der Waals surface area contributed by atoms with E-state index in [1.807, 2.05) is 0 Å². The molecule has 0 amide bonds. The first-order chi connectivity index (χ1) is 5.43. The van der Waals surface area contributed by atoms with Gasteiger partial charge in [-0.3, -0.25) is 4.79 Å². The Morgan fingerprint density at radius 3 is 2.33 bits per heavy atom. The zero-order valence-electron chi connectivity index (χ0n) is 8.48. The van der Waals surface area contributed by atoms with Crippen molar-refractivity contribution in [1.82, 2.24) is 0 Å². The highest BCUT2D eigenvalue weighted by Crippen LogP contribution is 2.69. The standard InChI is InChI=1S/C11H18O/c1-5-11(4)6-7-8(9(11)12)10(7,2)3/h7-8H,5-6H2,1-4H3. The van der Waals surface area contributed by atoms with Gasteiger partial charge in [0, 0.05) is 11.3 Å². The molecule has 2 fully saturated rings. The molecule has 3 atom stereocenters. The molecule has 12 heavy (non-hydrogen) atoms. The van der Waals surface area contributed by atoms with E-state index in [0.717, 1.165) is 12.8 Å². The molecular formula is C11H18O. The molecule has 0 bridgehead atoms. The van der Waals surface area contributed by atoms with E-state index in [0.29, 0.717) is 23.0 Å². The summed E-state index contributed by atoms with van der Waals surface area (Å²) < 4.78 is 0. The summed E-state index contributed by atoms with van der Waals surface area (Å²) in [5.74, 6) is 1.65. The van der Waals surface area contributed by atoms with Crippen LogP contribution in [0.2, 0.25) is 0 Å². The van der Waals surface area contributed by atoms with Gasteiger partial charge in [-0.05, 0) is 24.2 Å². The van der Waals surface area contributed by atoms with Gasteiger partial charge in [-0.2, -0.15) is 0 Å². The smallest absolute Gasteiger partial charge is 0.142 e. The van der Waals surface area contributed by atoms with Crippen LogP contribution in [0.1, 0.15) is 40.5 Å². The molecule has 0 N–H and O–H groups in total. The summed E-state index contributed by atoms with van der Waals surface area (Å²) in [5, 5.41) is 0. The lowest BCUT2D eigenvalue weighted by atomic mass is 9.78. The van der Waals surface area contributed by atoms with Crippen LogP contribution < -0.4 is 0 Å². The summed E-state index contributed by atoms with van der Waals surface area (Å²) in [4.78, 5) is 11.9. The fourth-order valence-corrected chi connectivity index (χ4v) is 2.93. The molecule has 0 aromatic carbocycles. The molecule has 1 heteroatoms. The van der Waals surface area contributed by atoms with E-state index in [1.54, 1.807) is 0 Å². The van der Waals surface area contributed by atoms with Crippen LogP contribution in [-0.4, -0.2) is 5.78 Å². The van der Waals surface area contributed by atoms with E-state index >= 15 is 0 Å². The Bertz CT molecular complexity index is 241. The van der Waals surface area contributed by atoms with Crippen molar-refractivity contribution in [2.24, 2.45) is 22.7 Å². The molecule has 2 aliphatic rings. The number of carbonyl (C=O) groups excluding carboxylic acids is 1. The van der Waals surface area contributed by atoms with Crippen molar-refractivity contribution in [1.29, 1.82) is 0 Å². The van der Waals surface area contributed by atoms with Gasteiger partial charge in [0.1, 0.15) is 5.78 Å². The van der Waals surface area contributed by atoms with E-state index in [2.05, 4.69) is 27.7 Å². The average molecular weight is 166 g/mol. The minimum absolute atomic E-state index is 0.0326. The lowest BCUT2D eigenvalue weighted by molar-refractivity contribution is -0.128. The predicted molar refractivity (Wildman–Crippen MR) is 48.8 cm³/mol. The van der Waals surface area contributed by atoms with Gasteiger partial charge >= 0.3 is 0 Å². The highest BCUT2D eigenvalue weighted by molar-refractivity contribution is 5.93. The highest BCUT2D eigenvalue weighted by atomic mass is 16.1. The van der Waals surface area contributed by atoms with E-state index in [9.17, 15) is 4.79 Å². The lowest BCUT2D eigenvalue weighted by Gasteiger charge is -2.25. The van der Waals surface area contributed by atoms with Gasteiger partial charge in [-0.15, -0.1) is 0 Å². The van der Waals surface area contributed by atoms with Crippen LogP contribution in [0.15, 0.2) is 0 Å². The number of carbonyl (C=O) groups is 1. The van der Waals surface area contributed by atoms with Crippen molar-refractivity contribution >= 4 is 5.78 Å². The summed E-state index contributed by atoms with van der Waals surface area (Å²) in [6.45, 7) is 8.73. The SMILES string of the molecule is CCC1(C)CC2C(C1=O)C2(C)C. The Hall–Kier alpha value is -0.330. The Morgan fingerprint density at radius 1 is 1.42 bits per heavy atom. The van der Waals surface area contributed by atoms with Gasteiger partial charge in [0.15, 0.2) is 0 Å². The van der Waals surface area contributed by atoms with Crippen molar-refractivity contribution in [2.75, 3.05) is 0 Å². The molecule has 2 saturated carbocycles. The van der Waals surface area contributed by atoms with Crippen LogP contribution in [0.25, 0.3) is 0 Å². The second kappa shape index (κ2) is 1.94. The molecule has 2 rings (SSSR count). The molecular weight excluding hydrogens is 148 g/mol. The molecule has 0 aromatic heterocycles. The molecule has 3 unspecified atom stereocenters. The molecule has 0 radical (unpaired) electrons. The third kappa shape index (κ3) is 0.725. The fraction of sp³-hybridized carbons (Fsp3) is 0.909. The van der Waals surface area contributed by atoms with Crippen LogP contribution >= 0.6 is 0 Å². The number of hydrogen-bond acceptors (Lipinski definition) is 1. The first-order valence-corrected chi connectivity index (χ1v) is 4.98. The molecule has 1 nitrogen and oxygen atoms in total. The molecule has 0 spiro atoms. The van der Waals surface area contributed by atoms with E-state index in [4.69, 9.17) is 0 Å². The van der Waals surface area contributed by atoms with Gasteiger partial charge in [0.05, 0.1) is 0 Å². The summed E-state index contributed by atoms with van der Waals surface area (Å²) in [7, 11) is 0. The minimum Gasteiger partial charge on any atom is -0.299 e. The van der Waals surface area contributed by atoms with Crippen molar-refractivity contribution in [3.8, 4) is 0 Å². The summed E-state index contributed by atoms with van der Waals surface area (Å²) in [6, 6.07) is 0. The maximum Gasteiger partial charge on any atom is 0.142 e. The molecule has 2 aliphatic carbocycles. The number of Topliss-reactive ketones (excluding diaryl/α,β-unsaturated/α-hetero) is 1. The van der Waals surface area contributed by atoms with Crippen molar-refractivity contribution in [2.45, 2.75) is 40.5 Å². The van der Waals surface area contributed by atoms with Crippen molar-refractivity contribution in [3.63, 3.8) is 0 Å². The van der Waals surface area contributed by atoms with Crippen LogP contribution in [-0.2, 0) is 4.79 Å². The normalized spacial score (nSPS) is 49.2. The van der Waals surface area contributed by atoms with E-state index in [1.165, 1.54) is 0 Å². The molecule has 0 aromatic rings. The Kier molecular flexibility index (Phi) is 1.34. The molecule has 0 heterocycles. The summed E-state index contributed by atoms with van der Waals surface area (Å²) in [5.41, 5.74) is 0.372. The second-order valence-corrected chi connectivity index (χ2v) is 5.39. The van der Waals surface area contributed by atoms with Crippen molar-refractivity contribution < 1.29 is 4.79 Å². The largest absolute Gasteiger partial charge is 0.299 e. The Labute approximate surface area is 74.5 Å². The summed E-state index contributed by atoms with van der Waals surface area (Å²) >= 11 is 0. The van der Waals surface area contributed by atoms with Gasteiger partial charge in [0.25, 0.3) is 0 Å². The van der Waals surface area contributed by atoms with Crippen molar-refractivity contribution in [3.05, 3.63) is 0 Å². The first kappa shape index (κ1) is 8.28. The zero-order chi connectivity index (χ0) is 9.15. The zero-order valence-corrected chi connectivity index (χ0v) is 8.48. The van der Waals surface area contributed by atoms with Gasteiger partial charge in [-0.25, -0.2) is 0 Å². The number of hydrogen-bond donors (Lipinski definition) is 0. The maximum atomic E-state index is 11.9. The highest BCUT2D eigenvalue weighted by Gasteiger charge is 2.69. The molecule has 68 valence electrons. The number of fused-ring (bicyclic) bond motifs is 1. The second-order valence-electron chi connectivity index (χ2n) is 5.39. The quantitative estimate of drug-likeness (QED) is 0.585. The van der Waals surface area contributed by atoms with Crippen LogP contribution in [0.3, 0.4) is 0 Å². The number of rotatable bonds is 1. The number of ketones is 1. The fourth-order valence-electron chi connectivity index (χ4n) is 2.93. The van der Waals surface area contributed by atoms with Gasteiger partial charge in [0.2, 0.25) is 0 Å². The lowest BCUT2D eigenvalue weighted by Crippen LogP contribution is -2.27. The van der Waals surface area contributed by atoms with Crippen LogP contribution in [0.4, 0.5) is 0 Å². The van der Waals surface area contributed by atoms with E-state index in [-0.39, 0.29) is 5.41 Å². The van der Waals surface area contributed by atoms with E-state index < -0.39 is 0 Å². The Balaban J connectivity index is 2.22. The average Bonchev–Trinajstić information content (AvgIpc) is 2.34. The predicted octanol–water partition coefficient (Wildman–Crippen LogP) is 2.65. The minimum atomic E-state index is 0.0326. The molecule has 0 aliphatic heterocycles. The van der Waals surface area contributed by atoms with Gasteiger partial charge in [-0.1, -0.05) is 27.7 Å². The maximum absolute atomic E-state index is 11.9.